The quantitative estimate of drug-likeness (QED) is 0.657. The first-order valence-corrected chi connectivity index (χ1v) is 8.72. The molecule has 3 aromatic rings. The van der Waals surface area contributed by atoms with Crippen LogP contribution in [0.2, 0.25) is 5.02 Å². The first kappa shape index (κ1) is 17.3. The van der Waals surface area contributed by atoms with Crippen LogP contribution in [0.25, 0.3) is 10.2 Å². The Balaban J connectivity index is 2.22. The Morgan fingerprint density at radius 3 is 2.80 bits per heavy atom. The van der Waals surface area contributed by atoms with Crippen molar-refractivity contribution in [3.63, 3.8) is 0 Å². The van der Waals surface area contributed by atoms with Crippen molar-refractivity contribution in [1.29, 1.82) is 0 Å². The van der Waals surface area contributed by atoms with Crippen molar-refractivity contribution >= 4 is 44.8 Å². The van der Waals surface area contributed by atoms with Gasteiger partial charge in [-0.2, -0.15) is 0 Å². The highest BCUT2D eigenvalue weighted by molar-refractivity contribution is 7.15. The highest BCUT2D eigenvalue weighted by Gasteiger charge is 2.12. The van der Waals surface area contributed by atoms with E-state index in [9.17, 15) is 9.59 Å². The van der Waals surface area contributed by atoms with Crippen molar-refractivity contribution in [3.05, 3.63) is 62.8 Å². The zero-order chi connectivity index (χ0) is 17.8. The van der Waals surface area contributed by atoms with Gasteiger partial charge in [-0.3, -0.25) is 14.2 Å². The third kappa shape index (κ3) is 3.94. The normalized spacial score (nSPS) is 11.7. The molecule has 2 aromatic heterocycles. The van der Waals surface area contributed by atoms with Gasteiger partial charge in [-0.25, -0.2) is 9.98 Å². The van der Waals surface area contributed by atoms with E-state index in [0.29, 0.717) is 25.7 Å². The lowest BCUT2D eigenvalue weighted by Gasteiger charge is -2.07. The summed E-state index contributed by atoms with van der Waals surface area (Å²) in [5.41, 5.74) is 0.288. The third-order valence-electron chi connectivity index (χ3n) is 3.31. The number of esters is 1. The molecule has 0 aliphatic rings. The Bertz CT molecular complexity index is 1040. The number of benzene rings is 1. The minimum atomic E-state index is -0.493. The average Bonchev–Trinajstić information content (AvgIpc) is 2.60. The lowest BCUT2D eigenvalue weighted by molar-refractivity contribution is -0.143. The summed E-state index contributed by atoms with van der Waals surface area (Å²) in [5, 5.41) is 1.03. The maximum Gasteiger partial charge on any atom is 0.326 e. The predicted octanol–water partition coefficient (Wildman–Crippen LogP) is 2.91. The van der Waals surface area contributed by atoms with Crippen LogP contribution in [0, 0.1) is 0 Å². The smallest absolute Gasteiger partial charge is 0.326 e. The second-order valence-electron chi connectivity index (χ2n) is 5.03. The molecular weight excluding hydrogens is 362 g/mol. The van der Waals surface area contributed by atoms with Gasteiger partial charge >= 0.3 is 5.97 Å². The first-order valence-electron chi connectivity index (χ1n) is 7.53. The molecule has 3 rings (SSSR count). The minimum Gasteiger partial charge on any atom is -0.465 e. The number of aromatic nitrogens is 2. The molecule has 0 aliphatic heterocycles. The topological polar surface area (TPSA) is 73.5 Å². The van der Waals surface area contributed by atoms with Crippen LogP contribution >= 0.6 is 22.9 Å². The van der Waals surface area contributed by atoms with Gasteiger partial charge < -0.3 is 4.74 Å². The number of halogens is 1. The Labute approximate surface area is 152 Å². The van der Waals surface area contributed by atoms with E-state index < -0.39 is 5.97 Å². The van der Waals surface area contributed by atoms with Crippen molar-refractivity contribution in [1.82, 2.24) is 9.55 Å². The lowest BCUT2D eigenvalue weighted by atomic mass is 10.3. The summed E-state index contributed by atoms with van der Waals surface area (Å²) in [7, 11) is 0. The number of hydrogen-bond acceptors (Lipinski definition) is 6. The fourth-order valence-electron chi connectivity index (χ4n) is 2.19. The summed E-state index contributed by atoms with van der Waals surface area (Å²) in [6.45, 7) is 1.75. The molecule has 0 N–H and O–H groups in total. The molecule has 0 saturated carbocycles. The summed E-state index contributed by atoms with van der Waals surface area (Å²) in [5.74, 6) is -0.493. The van der Waals surface area contributed by atoms with E-state index in [-0.39, 0.29) is 18.7 Å². The number of hydrogen-bond donors (Lipinski definition) is 0. The molecule has 128 valence electrons. The molecule has 1 aromatic carbocycles. The molecule has 0 radical (unpaired) electrons. The second kappa shape index (κ2) is 7.58. The number of nitrogens with zero attached hydrogens (tertiary/aromatic N) is 3. The third-order valence-corrected chi connectivity index (χ3v) is 4.57. The van der Waals surface area contributed by atoms with E-state index in [1.165, 1.54) is 15.9 Å². The Morgan fingerprint density at radius 1 is 1.32 bits per heavy atom. The van der Waals surface area contributed by atoms with Gasteiger partial charge in [-0.15, -0.1) is 0 Å². The monoisotopic (exact) mass is 375 g/mol. The van der Waals surface area contributed by atoms with Crippen LogP contribution in [-0.4, -0.2) is 22.1 Å². The second-order valence-corrected chi connectivity index (χ2v) is 6.42. The molecule has 0 amide bonds. The van der Waals surface area contributed by atoms with Crippen LogP contribution in [0.1, 0.15) is 6.92 Å². The lowest BCUT2D eigenvalue weighted by Crippen LogP contribution is -2.35. The number of carbonyl (C=O) groups excluding carboxylic acids is 1. The Hall–Kier alpha value is -2.51. The maximum atomic E-state index is 12.8. The van der Waals surface area contributed by atoms with Gasteiger partial charge in [0.1, 0.15) is 11.4 Å². The first-order chi connectivity index (χ1) is 12.1. The van der Waals surface area contributed by atoms with E-state index in [1.807, 2.05) is 0 Å². The number of fused-ring (bicyclic) bond motifs is 1. The van der Waals surface area contributed by atoms with Crippen molar-refractivity contribution in [2.75, 3.05) is 6.61 Å². The van der Waals surface area contributed by atoms with Crippen LogP contribution in [0.15, 0.2) is 52.4 Å². The molecule has 6 nitrogen and oxygen atoms in total. The summed E-state index contributed by atoms with van der Waals surface area (Å²) in [6.07, 6.45) is 1.61. The zero-order valence-corrected chi connectivity index (χ0v) is 14.9. The molecule has 25 heavy (non-hydrogen) atoms. The van der Waals surface area contributed by atoms with Gasteiger partial charge in [0.2, 0.25) is 0 Å². The molecule has 0 bridgehead atoms. The van der Waals surface area contributed by atoms with Crippen molar-refractivity contribution < 1.29 is 9.53 Å². The standard InChI is InChI=1S/C17H14ClN3O3S/c1-2-24-14(22)10-21-16(23)13-4-3-9-19-15(13)25-17(21)20-12-7-5-11(18)6-8-12/h3-9H,2,10H2,1H3/b20-17-. The van der Waals surface area contributed by atoms with Gasteiger partial charge in [-0.1, -0.05) is 22.9 Å². The van der Waals surface area contributed by atoms with E-state index in [0.717, 1.165) is 0 Å². The van der Waals surface area contributed by atoms with E-state index in [4.69, 9.17) is 16.3 Å². The number of ether oxygens (including phenoxy) is 1. The Morgan fingerprint density at radius 2 is 2.08 bits per heavy atom. The minimum absolute atomic E-state index is 0.208. The van der Waals surface area contributed by atoms with Crippen molar-refractivity contribution in [3.8, 4) is 0 Å². The van der Waals surface area contributed by atoms with Gasteiger partial charge in [0.15, 0.2) is 4.80 Å². The van der Waals surface area contributed by atoms with Crippen molar-refractivity contribution in [2.45, 2.75) is 13.5 Å². The highest BCUT2D eigenvalue weighted by atomic mass is 35.5. The highest BCUT2D eigenvalue weighted by Crippen LogP contribution is 2.16. The average molecular weight is 376 g/mol. The van der Waals surface area contributed by atoms with Crippen LogP contribution in [-0.2, 0) is 16.1 Å². The van der Waals surface area contributed by atoms with E-state index >= 15 is 0 Å². The summed E-state index contributed by atoms with van der Waals surface area (Å²) >= 11 is 7.12. The van der Waals surface area contributed by atoms with Crippen molar-refractivity contribution in [2.24, 2.45) is 4.99 Å². The summed E-state index contributed by atoms with van der Waals surface area (Å²) in [4.78, 5) is 34.3. The predicted molar refractivity (Wildman–Crippen MR) is 97.2 cm³/mol. The number of pyridine rings is 1. The molecule has 2 heterocycles. The molecule has 0 fully saturated rings. The van der Waals surface area contributed by atoms with E-state index in [1.54, 1.807) is 49.5 Å². The van der Waals surface area contributed by atoms with Crippen LogP contribution in [0.3, 0.4) is 0 Å². The van der Waals surface area contributed by atoms with Crippen LogP contribution < -0.4 is 10.4 Å². The molecule has 0 saturated heterocycles. The fourth-order valence-corrected chi connectivity index (χ4v) is 3.28. The van der Waals surface area contributed by atoms with E-state index in [2.05, 4.69) is 9.98 Å². The molecule has 0 unspecified atom stereocenters. The summed E-state index contributed by atoms with van der Waals surface area (Å²) in [6, 6.07) is 10.2. The molecule has 0 spiro atoms. The van der Waals surface area contributed by atoms with Gasteiger partial charge in [0.05, 0.1) is 17.7 Å². The SMILES string of the molecule is CCOC(=O)Cn1c(=O)c2cccnc2s/c1=N\c1ccc(Cl)cc1. The maximum absolute atomic E-state index is 12.8. The largest absolute Gasteiger partial charge is 0.465 e. The molecular formula is C17H14ClN3O3S. The van der Waals surface area contributed by atoms with Crippen LogP contribution in [0.5, 0.6) is 0 Å². The summed E-state index contributed by atoms with van der Waals surface area (Å²) < 4.78 is 6.27. The van der Waals surface area contributed by atoms with Crippen LogP contribution in [0.4, 0.5) is 5.69 Å². The van der Waals surface area contributed by atoms with Gasteiger partial charge in [-0.05, 0) is 43.3 Å². The molecule has 0 atom stereocenters. The number of rotatable bonds is 4. The zero-order valence-electron chi connectivity index (χ0n) is 13.3. The molecule has 8 heteroatoms. The van der Waals surface area contributed by atoms with Gasteiger partial charge in [0, 0.05) is 11.2 Å². The Kier molecular flexibility index (Phi) is 5.25. The molecule has 0 aliphatic carbocycles. The number of carbonyl (C=O) groups is 1. The fraction of sp³-hybridized carbons (Fsp3) is 0.176. The van der Waals surface area contributed by atoms with Gasteiger partial charge in [0.25, 0.3) is 5.56 Å².